The molecule has 0 aliphatic carbocycles. The maximum Gasteiger partial charge on any atom is 0.336 e. The Kier molecular flexibility index (Phi) is 5.08. The third-order valence-corrected chi connectivity index (χ3v) is 5.59. The molecular weight excluding hydrogens is 360 g/mol. The smallest absolute Gasteiger partial charge is 0.336 e. The van der Waals surface area contributed by atoms with Crippen molar-refractivity contribution in [3.63, 3.8) is 0 Å². The summed E-state index contributed by atoms with van der Waals surface area (Å²) >= 11 is 6.26. The fourth-order valence-electron chi connectivity index (χ4n) is 3.63. The summed E-state index contributed by atoms with van der Waals surface area (Å²) in [7, 11) is 0. The number of benzene rings is 2. The molecule has 2 aromatic carbocycles. The molecule has 0 amide bonds. The molecule has 1 N–H and O–H groups in total. The summed E-state index contributed by atoms with van der Waals surface area (Å²) in [5.74, 6) is 0. The second-order valence-electron chi connectivity index (χ2n) is 7.14. The zero-order valence-electron chi connectivity index (χ0n) is 15.4. The molecule has 27 heavy (non-hydrogen) atoms. The normalized spacial score (nSPS) is 14.5. The number of halogens is 1. The fourth-order valence-corrected chi connectivity index (χ4v) is 3.80. The van der Waals surface area contributed by atoms with Crippen molar-refractivity contribution >= 4 is 33.9 Å². The number of fused-ring (bicyclic) bond motifs is 1. The summed E-state index contributed by atoms with van der Waals surface area (Å²) in [6.07, 6.45) is 3.87. The lowest BCUT2D eigenvalue weighted by molar-refractivity contribution is 0.559. The minimum atomic E-state index is -0.346. The van der Waals surface area contributed by atoms with E-state index in [0.29, 0.717) is 17.2 Å². The number of rotatable bonds is 4. The lowest BCUT2D eigenvalue weighted by Gasteiger charge is -2.28. The lowest BCUT2D eigenvalue weighted by atomic mass is 10.1. The van der Waals surface area contributed by atoms with Crippen molar-refractivity contribution in [3.05, 3.63) is 69.0 Å². The van der Waals surface area contributed by atoms with Crippen molar-refractivity contribution in [2.75, 3.05) is 23.3 Å². The summed E-state index contributed by atoms with van der Waals surface area (Å²) in [5, 5.41) is 4.94. The average molecular weight is 383 g/mol. The maximum absolute atomic E-state index is 11.9. The summed E-state index contributed by atoms with van der Waals surface area (Å²) in [5.41, 5.74) is 4.29. The van der Waals surface area contributed by atoms with Crippen LogP contribution in [-0.4, -0.2) is 13.1 Å². The van der Waals surface area contributed by atoms with Gasteiger partial charge in [-0.15, -0.1) is 0 Å². The Balaban J connectivity index is 1.53. The quantitative estimate of drug-likeness (QED) is 0.617. The van der Waals surface area contributed by atoms with Crippen LogP contribution in [0.15, 0.2) is 51.7 Å². The standard InChI is InChI=1S/C22H23ClN2O2/c1-15-11-21-19(13-20(15)23)16(12-22(26)27-21)14-24-17-5-7-18(8-6-17)25-9-3-2-4-10-25/h5-8,11-13,24H,2-4,9-10,14H2,1H3. The number of anilines is 2. The van der Waals surface area contributed by atoms with Crippen molar-refractivity contribution < 1.29 is 4.42 Å². The van der Waals surface area contributed by atoms with Crippen molar-refractivity contribution in [2.45, 2.75) is 32.7 Å². The molecule has 0 radical (unpaired) electrons. The Labute approximate surface area is 163 Å². The van der Waals surface area contributed by atoms with Gasteiger partial charge in [-0.2, -0.15) is 0 Å². The molecule has 1 aliphatic heterocycles. The van der Waals surface area contributed by atoms with Gasteiger partial charge in [0.1, 0.15) is 5.58 Å². The van der Waals surface area contributed by atoms with E-state index in [2.05, 4.69) is 34.5 Å². The van der Waals surface area contributed by atoms with Crippen molar-refractivity contribution in [1.82, 2.24) is 0 Å². The Morgan fingerprint density at radius 3 is 2.56 bits per heavy atom. The monoisotopic (exact) mass is 382 g/mol. The zero-order chi connectivity index (χ0) is 18.8. The SMILES string of the molecule is Cc1cc2oc(=O)cc(CNc3ccc(N4CCCCC4)cc3)c2cc1Cl. The third kappa shape index (κ3) is 3.96. The molecule has 1 aliphatic rings. The fraction of sp³-hybridized carbons (Fsp3) is 0.318. The Bertz CT molecular complexity index is 1010. The molecule has 1 aromatic heterocycles. The van der Waals surface area contributed by atoms with E-state index in [4.69, 9.17) is 16.0 Å². The van der Waals surface area contributed by atoms with E-state index in [1.807, 2.05) is 19.1 Å². The second-order valence-corrected chi connectivity index (χ2v) is 7.54. The van der Waals surface area contributed by atoms with Crippen LogP contribution in [0, 0.1) is 6.92 Å². The highest BCUT2D eigenvalue weighted by Gasteiger charge is 2.11. The van der Waals surface area contributed by atoms with Gasteiger partial charge in [0.25, 0.3) is 0 Å². The van der Waals surface area contributed by atoms with Gasteiger partial charge in [-0.25, -0.2) is 4.79 Å². The first-order valence-corrected chi connectivity index (χ1v) is 9.80. The van der Waals surface area contributed by atoms with E-state index in [0.717, 1.165) is 35.3 Å². The van der Waals surface area contributed by atoms with Crippen LogP contribution >= 0.6 is 11.6 Å². The molecule has 4 nitrogen and oxygen atoms in total. The van der Waals surface area contributed by atoms with Gasteiger partial charge in [0.15, 0.2) is 0 Å². The molecule has 2 heterocycles. The van der Waals surface area contributed by atoms with E-state index in [1.165, 1.54) is 31.0 Å². The molecule has 0 atom stereocenters. The van der Waals surface area contributed by atoms with E-state index in [-0.39, 0.29) is 5.63 Å². The Morgan fingerprint density at radius 2 is 1.81 bits per heavy atom. The van der Waals surface area contributed by atoms with Gasteiger partial charge in [-0.05, 0) is 73.7 Å². The molecule has 0 unspecified atom stereocenters. The van der Waals surface area contributed by atoms with Gasteiger partial charge in [-0.1, -0.05) is 11.6 Å². The van der Waals surface area contributed by atoms with Crippen LogP contribution in [0.4, 0.5) is 11.4 Å². The highest BCUT2D eigenvalue weighted by molar-refractivity contribution is 6.32. The van der Waals surface area contributed by atoms with Crippen LogP contribution in [0.25, 0.3) is 11.0 Å². The third-order valence-electron chi connectivity index (χ3n) is 5.18. The Hall–Kier alpha value is -2.46. The molecule has 1 saturated heterocycles. The average Bonchev–Trinajstić information content (AvgIpc) is 2.68. The van der Waals surface area contributed by atoms with Gasteiger partial charge in [0, 0.05) is 47.5 Å². The molecule has 3 aromatic rings. The molecule has 140 valence electrons. The van der Waals surface area contributed by atoms with Gasteiger partial charge in [-0.3, -0.25) is 0 Å². The molecule has 5 heteroatoms. The number of aryl methyl sites for hydroxylation is 1. The van der Waals surface area contributed by atoms with Gasteiger partial charge >= 0.3 is 5.63 Å². The van der Waals surface area contributed by atoms with Gasteiger partial charge in [0.05, 0.1) is 0 Å². The first kappa shape index (κ1) is 17.9. The van der Waals surface area contributed by atoms with Crippen LogP contribution < -0.4 is 15.8 Å². The number of hydrogen-bond acceptors (Lipinski definition) is 4. The van der Waals surface area contributed by atoms with Crippen LogP contribution in [0.5, 0.6) is 0 Å². The number of nitrogens with zero attached hydrogens (tertiary/aromatic N) is 1. The zero-order valence-corrected chi connectivity index (χ0v) is 16.2. The minimum Gasteiger partial charge on any atom is -0.423 e. The summed E-state index contributed by atoms with van der Waals surface area (Å²) in [4.78, 5) is 14.3. The van der Waals surface area contributed by atoms with Crippen molar-refractivity contribution in [3.8, 4) is 0 Å². The largest absolute Gasteiger partial charge is 0.423 e. The van der Waals surface area contributed by atoms with Crippen LogP contribution in [0.1, 0.15) is 30.4 Å². The summed E-state index contributed by atoms with van der Waals surface area (Å²) in [6.45, 7) is 4.71. The van der Waals surface area contributed by atoms with E-state index >= 15 is 0 Å². The van der Waals surface area contributed by atoms with Crippen molar-refractivity contribution in [1.29, 1.82) is 0 Å². The van der Waals surface area contributed by atoms with Crippen LogP contribution in [-0.2, 0) is 6.54 Å². The lowest BCUT2D eigenvalue weighted by Crippen LogP contribution is -2.29. The minimum absolute atomic E-state index is 0.346. The predicted molar refractivity (Wildman–Crippen MR) is 112 cm³/mol. The number of hydrogen-bond donors (Lipinski definition) is 1. The first-order valence-electron chi connectivity index (χ1n) is 9.42. The maximum atomic E-state index is 11.9. The number of piperidine rings is 1. The molecule has 0 saturated carbocycles. The highest BCUT2D eigenvalue weighted by Crippen LogP contribution is 2.26. The summed E-state index contributed by atoms with van der Waals surface area (Å²) in [6, 6.07) is 13.7. The van der Waals surface area contributed by atoms with Gasteiger partial charge < -0.3 is 14.6 Å². The molecule has 1 fully saturated rings. The van der Waals surface area contributed by atoms with E-state index in [9.17, 15) is 4.79 Å². The highest BCUT2D eigenvalue weighted by atomic mass is 35.5. The predicted octanol–water partition coefficient (Wildman–Crippen LogP) is 5.36. The van der Waals surface area contributed by atoms with Crippen LogP contribution in [0.2, 0.25) is 5.02 Å². The number of nitrogens with one attached hydrogen (secondary N) is 1. The molecule has 0 spiro atoms. The second kappa shape index (κ2) is 7.65. The molecule has 0 bridgehead atoms. The molecule has 4 rings (SSSR count). The van der Waals surface area contributed by atoms with Crippen LogP contribution in [0.3, 0.4) is 0 Å². The summed E-state index contributed by atoms with van der Waals surface area (Å²) < 4.78 is 5.33. The molecular formula is C22H23ClN2O2. The van der Waals surface area contributed by atoms with E-state index < -0.39 is 0 Å². The van der Waals surface area contributed by atoms with E-state index in [1.54, 1.807) is 0 Å². The first-order chi connectivity index (χ1) is 13.1. The topological polar surface area (TPSA) is 45.5 Å². The van der Waals surface area contributed by atoms with Gasteiger partial charge in [0.2, 0.25) is 0 Å². The Morgan fingerprint density at radius 1 is 1.07 bits per heavy atom. The van der Waals surface area contributed by atoms with Crippen molar-refractivity contribution in [2.24, 2.45) is 0 Å².